The van der Waals surface area contributed by atoms with Gasteiger partial charge in [0.15, 0.2) is 5.82 Å². The lowest BCUT2D eigenvalue weighted by atomic mass is 10.1. The van der Waals surface area contributed by atoms with E-state index >= 15 is 0 Å². The first-order chi connectivity index (χ1) is 16.2. The number of nitrogens with one attached hydrogen (secondary N) is 2. The standard InChI is InChI=1S/C19H15BrF2N6O5S/c1-31-16-14(33-18(21)22)17(32-2)27-19(26-16)28-34(29,30)11-8-25-13-9(11)4-5-10(20)12(13)15-23-6-3-7-24-15/h3-8,18,25H,1-2H3,(H,26,27,28). The Morgan fingerprint density at radius 1 is 1.09 bits per heavy atom. The van der Waals surface area contributed by atoms with Crippen molar-refractivity contribution in [2.45, 2.75) is 11.5 Å². The normalized spacial score (nSPS) is 11.6. The summed E-state index contributed by atoms with van der Waals surface area (Å²) < 4.78 is 68.9. The molecule has 4 aromatic rings. The van der Waals surface area contributed by atoms with Crippen molar-refractivity contribution < 1.29 is 31.4 Å². The molecule has 0 aliphatic rings. The Bertz CT molecular complexity index is 1430. The van der Waals surface area contributed by atoms with Crippen molar-refractivity contribution >= 4 is 42.8 Å². The van der Waals surface area contributed by atoms with E-state index in [9.17, 15) is 17.2 Å². The molecule has 11 nitrogen and oxygen atoms in total. The number of hydrogen-bond acceptors (Lipinski definition) is 9. The maximum absolute atomic E-state index is 13.2. The maximum atomic E-state index is 13.2. The Balaban J connectivity index is 1.77. The van der Waals surface area contributed by atoms with Crippen molar-refractivity contribution in [3.05, 3.63) is 41.3 Å². The first kappa shape index (κ1) is 23.6. The van der Waals surface area contributed by atoms with Crippen LogP contribution in [0.2, 0.25) is 0 Å². The number of halogens is 3. The van der Waals surface area contributed by atoms with Crippen LogP contribution in [0.1, 0.15) is 0 Å². The molecule has 0 aliphatic carbocycles. The second kappa shape index (κ2) is 9.34. The van der Waals surface area contributed by atoms with Crippen molar-refractivity contribution in [2.24, 2.45) is 0 Å². The number of aromatic nitrogens is 5. The van der Waals surface area contributed by atoms with Crippen LogP contribution in [0.5, 0.6) is 17.5 Å². The van der Waals surface area contributed by atoms with Crippen molar-refractivity contribution in [1.82, 2.24) is 24.9 Å². The van der Waals surface area contributed by atoms with Gasteiger partial charge in [-0.1, -0.05) is 6.07 Å². The number of ether oxygens (including phenoxy) is 3. The van der Waals surface area contributed by atoms with Crippen molar-refractivity contribution in [3.8, 4) is 28.9 Å². The monoisotopic (exact) mass is 556 g/mol. The molecule has 0 radical (unpaired) electrons. The fraction of sp³-hybridized carbons (Fsp3) is 0.158. The minimum atomic E-state index is -4.26. The maximum Gasteiger partial charge on any atom is 0.387 e. The zero-order valence-electron chi connectivity index (χ0n) is 17.4. The van der Waals surface area contributed by atoms with Gasteiger partial charge >= 0.3 is 6.61 Å². The van der Waals surface area contributed by atoms with Crippen molar-refractivity contribution in [2.75, 3.05) is 18.9 Å². The number of nitrogens with zero attached hydrogens (tertiary/aromatic N) is 4. The number of methoxy groups -OCH3 is 2. The van der Waals surface area contributed by atoms with Crippen LogP contribution in [0.4, 0.5) is 14.7 Å². The zero-order valence-corrected chi connectivity index (χ0v) is 19.8. The van der Waals surface area contributed by atoms with Crippen molar-refractivity contribution in [1.29, 1.82) is 0 Å². The average molecular weight is 557 g/mol. The van der Waals surface area contributed by atoms with Crippen LogP contribution in [-0.2, 0) is 10.0 Å². The van der Waals surface area contributed by atoms with Gasteiger partial charge in [0.2, 0.25) is 11.7 Å². The van der Waals surface area contributed by atoms with E-state index in [1.807, 2.05) is 0 Å². The van der Waals surface area contributed by atoms with Crippen LogP contribution in [0.25, 0.3) is 22.3 Å². The summed E-state index contributed by atoms with van der Waals surface area (Å²) in [7, 11) is -1.97. The SMILES string of the molecule is COc1nc(NS(=O)(=O)c2c[nH]c3c(-c4ncccn4)c(Br)ccc23)nc(OC)c1OC(F)F. The molecule has 1 aromatic carbocycles. The lowest BCUT2D eigenvalue weighted by molar-refractivity contribution is -0.0533. The number of H-pyrrole nitrogens is 1. The lowest BCUT2D eigenvalue weighted by Gasteiger charge is -2.14. The summed E-state index contributed by atoms with van der Waals surface area (Å²) in [6.45, 7) is -3.21. The summed E-state index contributed by atoms with van der Waals surface area (Å²) in [5, 5.41) is 0.342. The molecular weight excluding hydrogens is 542 g/mol. The summed E-state index contributed by atoms with van der Waals surface area (Å²) in [6.07, 6.45) is 4.42. The van der Waals surface area contributed by atoms with Crippen LogP contribution >= 0.6 is 15.9 Å². The van der Waals surface area contributed by atoms with Gasteiger partial charge in [0.25, 0.3) is 21.8 Å². The smallest absolute Gasteiger partial charge is 0.387 e. The third-order valence-electron chi connectivity index (χ3n) is 4.47. The average Bonchev–Trinajstić information content (AvgIpc) is 3.24. The van der Waals surface area contributed by atoms with E-state index in [1.165, 1.54) is 6.20 Å². The molecule has 4 rings (SSSR count). The molecule has 0 saturated carbocycles. The fourth-order valence-corrected chi connectivity index (χ4v) is 4.74. The molecular formula is C19H15BrF2N6O5S. The van der Waals surface area contributed by atoms with Gasteiger partial charge in [-0.3, -0.25) is 0 Å². The zero-order chi connectivity index (χ0) is 24.5. The largest absolute Gasteiger partial charge is 0.478 e. The van der Waals surface area contributed by atoms with E-state index in [-0.39, 0.29) is 4.90 Å². The van der Waals surface area contributed by atoms with Gasteiger partial charge in [0.05, 0.1) is 25.3 Å². The van der Waals surface area contributed by atoms with Crippen LogP contribution in [0, 0.1) is 0 Å². The molecule has 0 amide bonds. The topological polar surface area (TPSA) is 141 Å². The van der Waals surface area contributed by atoms with E-state index < -0.39 is 40.1 Å². The summed E-state index contributed by atoms with van der Waals surface area (Å²) >= 11 is 3.44. The first-order valence-electron chi connectivity index (χ1n) is 9.29. The molecule has 2 N–H and O–H groups in total. The van der Waals surface area contributed by atoms with Crippen LogP contribution in [0.3, 0.4) is 0 Å². The Labute approximate surface area is 199 Å². The predicted octanol–water partition coefficient (Wildman–Crippen LogP) is 3.60. The molecule has 34 heavy (non-hydrogen) atoms. The van der Waals surface area contributed by atoms with Gasteiger partial charge in [-0.25, -0.2) is 23.1 Å². The Kier molecular flexibility index (Phi) is 6.47. The van der Waals surface area contributed by atoms with Gasteiger partial charge in [0, 0.05) is 28.4 Å². The number of hydrogen-bond donors (Lipinski definition) is 2. The van der Waals surface area contributed by atoms with Crippen LogP contribution in [0.15, 0.2) is 46.2 Å². The van der Waals surface area contributed by atoms with E-state index in [4.69, 9.17) is 9.47 Å². The summed E-state index contributed by atoms with van der Waals surface area (Å²) in [4.78, 5) is 18.9. The number of rotatable bonds is 8. The second-order valence-electron chi connectivity index (χ2n) is 6.45. The van der Waals surface area contributed by atoms with Gasteiger partial charge in [-0.05, 0) is 28.1 Å². The molecule has 0 bridgehead atoms. The van der Waals surface area contributed by atoms with E-state index in [0.717, 1.165) is 14.2 Å². The highest BCUT2D eigenvalue weighted by Gasteiger charge is 2.26. The highest BCUT2D eigenvalue weighted by molar-refractivity contribution is 9.10. The molecule has 15 heteroatoms. The molecule has 0 atom stereocenters. The Morgan fingerprint density at radius 2 is 1.74 bits per heavy atom. The minimum Gasteiger partial charge on any atom is -0.478 e. The van der Waals surface area contributed by atoms with Gasteiger partial charge < -0.3 is 19.2 Å². The summed E-state index contributed by atoms with van der Waals surface area (Å²) in [5.74, 6) is -1.57. The predicted molar refractivity (Wildman–Crippen MR) is 120 cm³/mol. The summed E-state index contributed by atoms with van der Waals surface area (Å²) in [5.41, 5.74) is 1.03. The number of sulfonamides is 1. The number of anilines is 1. The first-order valence-corrected chi connectivity index (χ1v) is 11.6. The molecule has 3 aromatic heterocycles. The van der Waals surface area contributed by atoms with E-state index in [1.54, 1.807) is 30.6 Å². The van der Waals surface area contributed by atoms with Gasteiger partial charge in [-0.2, -0.15) is 18.7 Å². The van der Waals surface area contributed by atoms with E-state index in [0.29, 0.717) is 26.8 Å². The van der Waals surface area contributed by atoms with Crippen LogP contribution < -0.4 is 18.9 Å². The molecule has 0 aliphatic heterocycles. The van der Waals surface area contributed by atoms with Crippen LogP contribution in [-0.4, -0.2) is 54.2 Å². The molecule has 0 unspecified atom stereocenters. The minimum absolute atomic E-state index is 0.123. The Hall–Kier alpha value is -3.59. The third-order valence-corrected chi connectivity index (χ3v) is 6.50. The molecule has 178 valence electrons. The molecule has 3 heterocycles. The number of benzene rings is 1. The van der Waals surface area contributed by atoms with Gasteiger partial charge in [-0.15, -0.1) is 0 Å². The number of alkyl halides is 2. The molecule has 0 spiro atoms. The van der Waals surface area contributed by atoms with Crippen molar-refractivity contribution in [3.63, 3.8) is 0 Å². The second-order valence-corrected chi connectivity index (χ2v) is 8.95. The quantitative estimate of drug-likeness (QED) is 0.333. The lowest BCUT2D eigenvalue weighted by Crippen LogP contribution is -2.16. The fourth-order valence-electron chi connectivity index (χ4n) is 3.11. The van der Waals surface area contributed by atoms with E-state index in [2.05, 4.69) is 50.3 Å². The third kappa shape index (κ3) is 4.43. The summed E-state index contributed by atoms with van der Waals surface area (Å²) in [6, 6.07) is 4.92. The number of aromatic amines is 1. The Morgan fingerprint density at radius 3 is 2.32 bits per heavy atom. The highest BCUT2D eigenvalue weighted by Crippen LogP contribution is 2.38. The highest BCUT2D eigenvalue weighted by atomic mass is 79.9. The van der Waals surface area contributed by atoms with Gasteiger partial charge in [0.1, 0.15) is 4.90 Å². The number of fused-ring (bicyclic) bond motifs is 1. The molecule has 0 fully saturated rings. The molecule has 0 saturated heterocycles.